The highest BCUT2D eigenvalue weighted by atomic mass is 16.4. The molecule has 4 heteroatoms. The monoisotopic (exact) mass is 235 g/mol. The van der Waals surface area contributed by atoms with Gasteiger partial charge in [-0.3, -0.25) is 4.90 Å². The zero-order chi connectivity index (χ0) is 12.8. The van der Waals surface area contributed by atoms with Gasteiger partial charge < -0.3 is 9.52 Å². The molecule has 0 fully saturated rings. The Labute approximate surface area is 101 Å². The van der Waals surface area contributed by atoms with Crippen LogP contribution < -0.4 is 0 Å². The third kappa shape index (κ3) is 3.32. The first-order valence-corrected chi connectivity index (χ1v) is 5.39. The Morgan fingerprint density at radius 2 is 2.06 bits per heavy atom. The van der Waals surface area contributed by atoms with Crippen molar-refractivity contribution in [1.29, 1.82) is 0 Å². The quantitative estimate of drug-likeness (QED) is 0.738. The first-order chi connectivity index (χ1) is 8.10. The van der Waals surface area contributed by atoms with Gasteiger partial charge in [-0.15, -0.1) is 13.2 Å². The van der Waals surface area contributed by atoms with Gasteiger partial charge in [-0.2, -0.15) is 0 Å². The number of carboxylic acid groups (broad SMARTS) is 1. The van der Waals surface area contributed by atoms with E-state index in [4.69, 9.17) is 9.52 Å². The molecule has 1 heterocycles. The zero-order valence-corrected chi connectivity index (χ0v) is 9.93. The smallest absolute Gasteiger partial charge is 0.371 e. The van der Waals surface area contributed by atoms with Crippen LogP contribution in [-0.2, 0) is 0 Å². The topological polar surface area (TPSA) is 53.7 Å². The minimum atomic E-state index is -1.05. The maximum absolute atomic E-state index is 10.7. The van der Waals surface area contributed by atoms with Gasteiger partial charge in [-0.05, 0) is 19.1 Å². The van der Waals surface area contributed by atoms with E-state index in [0.717, 1.165) is 0 Å². The summed E-state index contributed by atoms with van der Waals surface area (Å²) in [5.41, 5.74) is 0. The average molecular weight is 235 g/mol. The molecule has 0 aliphatic heterocycles. The zero-order valence-electron chi connectivity index (χ0n) is 9.93. The van der Waals surface area contributed by atoms with E-state index in [0.29, 0.717) is 18.8 Å². The molecule has 17 heavy (non-hydrogen) atoms. The van der Waals surface area contributed by atoms with Gasteiger partial charge in [0.2, 0.25) is 5.76 Å². The average Bonchev–Trinajstić information content (AvgIpc) is 2.77. The van der Waals surface area contributed by atoms with Gasteiger partial charge in [0.15, 0.2) is 0 Å². The van der Waals surface area contributed by atoms with Gasteiger partial charge in [0.05, 0.1) is 6.04 Å². The molecule has 0 spiro atoms. The number of aromatic carboxylic acids is 1. The molecule has 1 unspecified atom stereocenters. The lowest BCUT2D eigenvalue weighted by Gasteiger charge is -2.24. The van der Waals surface area contributed by atoms with Crippen molar-refractivity contribution in [2.45, 2.75) is 13.0 Å². The van der Waals surface area contributed by atoms with Crippen molar-refractivity contribution in [3.8, 4) is 0 Å². The summed E-state index contributed by atoms with van der Waals surface area (Å²) in [4.78, 5) is 12.8. The van der Waals surface area contributed by atoms with E-state index in [1.165, 1.54) is 6.07 Å². The Kier molecular flexibility index (Phi) is 4.72. The summed E-state index contributed by atoms with van der Waals surface area (Å²) < 4.78 is 5.27. The fraction of sp³-hybridized carbons (Fsp3) is 0.308. The molecule has 0 amide bonds. The summed E-state index contributed by atoms with van der Waals surface area (Å²) in [7, 11) is 0. The first-order valence-electron chi connectivity index (χ1n) is 5.39. The van der Waals surface area contributed by atoms with Crippen LogP contribution in [0.4, 0.5) is 0 Å². The van der Waals surface area contributed by atoms with Crippen molar-refractivity contribution in [3.63, 3.8) is 0 Å². The van der Waals surface area contributed by atoms with Crippen LogP contribution >= 0.6 is 0 Å². The maximum atomic E-state index is 10.7. The number of carbonyl (C=O) groups is 1. The molecule has 1 aromatic heterocycles. The van der Waals surface area contributed by atoms with Crippen molar-refractivity contribution >= 4 is 5.97 Å². The van der Waals surface area contributed by atoms with Crippen molar-refractivity contribution in [1.82, 2.24) is 4.90 Å². The van der Waals surface area contributed by atoms with Gasteiger partial charge in [-0.1, -0.05) is 12.2 Å². The largest absolute Gasteiger partial charge is 0.475 e. The highest BCUT2D eigenvalue weighted by molar-refractivity contribution is 5.84. The molecule has 1 atom stereocenters. The van der Waals surface area contributed by atoms with Crippen LogP contribution in [0.1, 0.15) is 29.3 Å². The van der Waals surface area contributed by atoms with Gasteiger partial charge in [0.25, 0.3) is 0 Å². The molecule has 92 valence electrons. The molecule has 0 aromatic carbocycles. The highest BCUT2D eigenvalue weighted by Crippen LogP contribution is 2.22. The van der Waals surface area contributed by atoms with Crippen LogP contribution in [0.5, 0.6) is 0 Å². The summed E-state index contributed by atoms with van der Waals surface area (Å²) in [6.45, 7) is 10.7. The third-order valence-corrected chi connectivity index (χ3v) is 2.52. The Hall–Kier alpha value is -1.81. The summed E-state index contributed by atoms with van der Waals surface area (Å²) >= 11 is 0. The van der Waals surface area contributed by atoms with Crippen LogP contribution in [0.25, 0.3) is 0 Å². The number of hydrogen-bond acceptors (Lipinski definition) is 3. The van der Waals surface area contributed by atoms with Gasteiger partial charge >= 0.3 is 5.97 Å². The highest BCUT2D eigenvalue weighted by Gasteiger charge is 2.18. The Morgan fingerprint density at radius 3 is 2.47 bits per heavy atom. The van der Waals surface area contributed by atoms with E-state index >= 15 is 0 Å². The molecule has 0 radical (unpaired) electrons. The second-order valence-corrected chi connectivity index (χ2v) is 3.71. The van der Waals surface area contributed by atoms with Crippen molar-refractivity contribution in [3.05, 3.63) is 49.0 Å². The molecule has 0 aliphatic carbocycles. The van der Waals surface area contributed by atoms with E-state index in [-0.39, 0.29) is 11.8 Å². The molecular weight excluding hydrogens is 218 g/mol. The maximum Gasteiger partial charge on any atom is 0.371 e. The van der Waals surface area contributed by atoms with Gasteiger partial charge in [-0.25, -0.2) is 4.79 Å². The second kappa shape index (κ2) is 6.06. The SMILES string of the molecule is C=CCN(CC=C)C(C)c1ccc(C(=O)O)o1. The predicted octanol–water partition coefficient (Wildman–Crippen LogP) is 2.71. The van der Waals surface area contributed by atoms with E-state index in [1.807, 2.05) is 6.92 Å². The predicted molar refractivity (Wildman–Crippen MR) is 66.0 cm³/mol. The third-order valence-electron chi connectivity index (χ3n) is 2.52. The Morgan fingerprint density at radius 1 is 1.47 bits per heavy atom. The van der Waals surface area contributed by atoms with Crippen LogP contribution in [0, 0.1) is 0 Å². The number of furan rings is 1. The summed E-state index contributed by atoms with van der Waals surface area (Å²) in [6.07, 6.45) is 3.59. The minimum Gasteiger partial charge on any atom is -0.475 e. The number of rotatable bonds is 7. The number of hydrogen-bond donors (Lipinski definition) is 1. The standard InChI is InChI=1S/C13H17NO3/c1-4-8-14(9-5-2)10(3)11-6-7-12(17-11)13(15)16/h4-7,10H,1-2,8-9H2,3H3,(H,15,16). The van der Waals surface area contributed by atoms with Crippen molar-refractivity contribution in [2.24, 2.45) is 0 Å². The van der Waals surface area contributed by atoms with E-state index in [9.17, 15) is 4.79 Å². The molecular formula is C13H17NO3. The summed E-state index contributed by atoms with van der Waals surface area (Å²) in [5, 5.41) is 8.79. The normalized spacial score (nSPS) is 12.4. The fourth-order valence-corrected chi connectivity index (χ4v) is 1.59. The Bertz CT molecular complexity index is 399. The van der Waals surface area contributed by atoms with Crippen molar-refractivity contribution in [2.75, 3.05) is 13.1 Å². The van der Waals surface area contributed by atoms with Crippen molar-refractivity contribution < 1.29 is 14.3 Å². The molecule has 0 saturated carbocycles. The van der Waals surface area contributed by atoms with Crippen LogP contribution in [0.3, 0.4) is 0 Å². The summed E-state index contributed by atoms with van der Waals surface area (Å²) in [5.74, 6) is -0.461. The fourth-order valence-electron chi connectivity index (χ4n) is 1.59. The lowest BCUT2D eigenvalue weighted by molar-refractivity contribution is 0.0656. The number of nitrogens with zero attached hydrogens (tertiary/aromatic N) is 1. The lowest BCUT2D eigenvalue weighted by atomic mass is 10.2. The lowest BCUT2D eigenvalue weighted by Crippen LogP contribution is -2.27. The minimum absolute atomic E-state index is 0.0147. The summed E-state index contributed by atoms with van der Waals surface area (Å²) in [6, 6.07) is 3.14. The van der Waals surface area contributed by atoms with Gasteiger partial charge in [0, 0.05) is 13.1 Å². The molecule has 1 N–H and O–H groups in total. The molecule has 0 aliphatic rings. The van der Waals surface area contributed by atoms with Crippen LogP contribution in [-0.4, -0.2) is 29.1 Å². The van der Waals surface area contributed by atoms with E-state index in [1.54, 1.807) is 18.2 Å². The number of carboxylic acids is 1. The molecule has 0 bridgehead atoms. The molecule has 1 aromatic rings. The van der Waals surface area contributed by atoms with Gasteiger partial charge in [0.1, 0.15) is 5.76 Å². The Balaban J connectivity index is 2.83. The molecule has 0 saturated heterocycles. The molecule has 1 rings (SSSR count). The van der Waals surface area contributed by atoms with Crippen LogP contribution in [0.2, 0.25) is 0 Å². The van der Waals surface area contributed by atoms with E-state index < -0.39 is 5.97 Å². The van der Waals surface area contributed by atoms with Crippen LogP contribution in [0.15, 0.2) is 41.9 Å². The second-order valence-electron chi connectivity index (χ2n) is 3.71. The molecule has 4 nitrogen and oxygen atoms in total. The van der Waals surface area contributed by atoms with E-state index in [2.05, 4.69) is 18.1 Å². The first kappa shape index (κ1) is 13.3.